The van der Waals surface area contributed by atoms with Crippen molar-refractivity contribution in [3.05, 3.63) is 81.8 Å². The van der Waals surface area contributed by atoms with Crippen LogP contribution >= 0.6 is 23.2 Å². The number of nitrogens with two attached hydrogens (primary N) is 1. The van der Waals surface area contributed by atoms with E-state index in [1.807, 2.05) is 30.3 Å². The second-order valence-electron chi connectivity index (χ2n) is 6.89. The second kappa shape index (κ2) is 14.1. The van der Waals surface area contributed by atoms with Crippen LogP contribution in [0.5, 0.6) is 0 Å². The third kappa shape index (κ3) is 8.39. The van der Waals surface area contributed by atoms with Gasteiger partial charge in [0, 0.05) is 18.7 Å². The molecule has 33 heavy (non-hydrogen) atoms. The molecule has 0 radical (unpaired) electrons. The monoisotopic (exact) mass is 487 g/mol. The number of aliphatic hydroxyl groups excluding tert-OH is 1. The molecule has 0 unspecified atom stereocenters. The predicted octanol–water partition coefficient (Wildman–Crippen LogP) is 5.04. The number of unbranched alkanes of at least 4 members (excludes halogenated alkanes) is 1. The highest BCUT2D eigenvalue weighted by molar-refractivity contribution is 6.41. The summed E-state index contributed by atoms with van der Waals surface area (Å²) >= 11 is 11.2. The van der Waals surface area contributed by atoms with Crippen molar-refractivity contribution in [1.29, 1.82) is 5.26 Å². The van der Waals surface area contributed by atoms with E-state index in [-0.39, 0.29) is 26.5 Å². The number of halogens is 2. The molecule has 0 fully saturated rings. The summed E-state index contributed by atoms with van der Waals surface area (Å²) in [6.07, 6.45) is 1.09. The lowest BCUT2D eigenvalue weighted by atomic mass is 10.00. The minimum Gasteiger partial charge on any atom is -0.396 e. The van der Waals surface area contributed by atoms with Gasteiger partial charge in [-0.05, 0) is 47.9 Å². The van der Waals surface area contributed by atoms with Crippen LogP contribution in [0, 0.1) is 11.3 Å². The average Bonchev–Trinajstić information content (AvgIpc) is 2.79. The smallest absolute Gasteiger partial charge is 0.254 e. The highest BCUT2D eigenvalue weighted by atomic mass is 35.5. The fourth-order valence-corrected chi connectivity index (χ4v) is 3.29. The Hall–Kier alpha value is -3.11. The number of nitriles is 1. The molecule has 3 N–H and O–H groups in total. The van der Waals surface area contributed by atoms with E-state index in [2.05, 4.69) is 6.07 Å². The van der Waals surface area contributed by atoms with Crippen LogP contribution in [0.3, 0.4) is 0 Å². The molecule has 0 saturated heterocycles. The molecule has 0 saturated carbocycles. The zero-order valence-corrected chi connectivity index (χ0v) is 18.8. The van der Waals surface area contributed by atoms with Gasteiger partial charge in [-0.3, -0.25) is 9.59 Å². The van der Waals surface area contributed by atoms with Crippen molar-refractivity contribution in [2.45, 2.75) is 20.3 Å². The van der Waals surface area contributed by atoms with E-state index in [1.165, 1.54) is 11.0 Å². The highest BCUT2D eigenvalue weighted by Gasteiger charge is 2.20. The highest BCUT2D eigenvalue weighted by Crippen LogP contribution is 2.23. The van der Waals surface area contributed by atoms with E-state index in [0.717, 1.165) is 10.8 Å². The SMILES string of the molecule is C.Clc1ccccc1Cl.N#Cc1cc(C(=O)N(CCCCO)CC(N)=O)c2ccccc2c1. The summed E-state index contributed by atoms with van der Waals surface area (Å²) in [5, 5.41) is 20.8. The maximum absolute atomic E-state index is 12.9. The van der Waals surface area contributed by atoms with Crippen LogP contribution in [0.4, 0.5) is 0 Å². The van der Waals surface area contributed by atoms with Gasteiger partial charge in [0.15, 0.2) is 0 Å². The van der Waals surface area contributed by atoms with Gasteiger partial charge >= 0.3 is 0 Å². The molecule has 0 aliphatic heterocycles. The molecule has 0 aliphatic carbocycles. The molecule has 174 valence electrons. The number of amides is 2. The first-order valence-corrected chi connectivity index (χ1v) is 10.6. The van der Waals surface area contributed by atoms with Gasteiger partial charge in [-0.15, -0.1) is 0 Å². The van der Waals surface area contributed by atoms with E-state index in [9.17, 15) is 14.9 Å². The lowest BCUT2D eigenvalue weighted by molar-refractivity contribution is -0.118. The number of primary amides is 1. The van der Waals surface area contributed by atoms with Crippen LogP contribution in [-0.4, -0.2) is 41.5 Å². The summed E-state index contributed by atoms with van der Waals surface area (Å²) in [6.45, 7) is 0.133. The summed E-state index contributed by atoms with van der Waals surface area (Å²) in [6, 6.07) is 19.8. The van der Waals surface area contributed by atoms with Crippen molar-refractivity contribution >= 4 is 45.8 Å². The number of carbonyl (C=O) groups is 2. The maximum atomic E-state index is 12.9. The zero-order chi connectivity index (χ0) is 23.5. The Morgan fingerprint density at radius 2 is 1.61 bits per heavy atom. The van der Waals surface area contributed by atoms with Gasteiger partial charge in [-0.25, -0.2) is 0 Å². The van der Waals surface area contributed by atoms with Gasteiger partial charge in [-0.1, -0.05) is 67.0 Å². The average molecular weight is 488 g/mol. The molecule has 8 heteroatoms. The Balaban J connectivity index is 0.000000511. The zero-order valence-electron chi connectivity index (χ0n) is 17.3. The molecule has 0 aromatic heterocycles. The van der Waals surface area contributed by atoms with Crippen molar-refractivity contribution in [2.24, 2.45) is 5.73 Å². The lowest BCUT2D eigenvalue weighted by Crippen LogP contribution is -2.39. The van der Waals surface area contributed by atoms with Crippen LogP contribution in [0.2, 0.25) is 10.0 Å². The second-order valence-corrected chi connectivity index (χ2v) is 7.71. The van der Waals surface area contributed by atoms with Gasteiger partial charge in [0.05, 0.1) is 28.2 Å². The summed E-state index contributed by atoms with van der Waals surface area (Å²) in [7, 11) is 0. The number of fused-ring (bicyclic) bond motifs is 1. The van der Waals surface area contributed by atoms with E-state index in [1.54, 1.807) is 24.3 Å². The molecule has 3 aromatic rings. The first-order valence-electron chi connectivity index (χ1n) is 9.88. The normalized spacial score (nSPS) is 9.76. The quantitative estimate of drug-likeness (QED) is 0.454. The molecular formula is C25H27Cl2N3O3. The maximum Gasteiger partial charge on any atom is 0.254 e. The van der Waals surface area contributed by atoms with Gasteiger partial charge < -0.3 is 15.7 Å². The minimum absolute atomic E-state index is 0. The molecule has 3 rings (SSSR count). The van der Waals surface area contributed by atoms with Crippen LogP contribution < -0.4 is 5.73 Å². The number of benzene rings is 3. The Kier molecular flexibility index (Phi) is 12.0. The standard InChI is InChI=1S/C18H19N3O3.C6H4Cl2.CH4/c19-11-13-9-14-5-1-2-6-15(14)16(10-13)18(24)21(12-17(20)23)7-3-4-8-22;7-5-3-1-2-4-6(5)8;/h1-2,5-6,9-10,22H,3-4,7-8,12H2,(H2,20,23);1-4H;1H4. The van der Waals surface area contributed by atoms with Gasteiger partial charge in [0.2, 0.25) is 5.91 Å². The molecule has 6 nitrogen and oxygen atoms in total. The lowest BCUT2D eigenvalue weighted by Gasteiger charge is -2.22. The first-order chi connectivity index (χ1) is 15.4. The Bertz CT molecular complexity index is 1110. The number of carbonyl (C=O) groups excluding carboxylic acids is 2. The summed E-state index contributed by atoms with van der Waals surface area (Å²) in [4.78, 5) is 25.6. The van der Waals surface area contributed by atoms with Crippen molar-refractivity contribution in [3.63, 3.8) is 0 Å². The van der Waals surface area contributed by atoms with Gasteiger partial charge in [0.1, 0.15) is 0 Å². The summed E-state index contributed by atoms with van der Waals surface area (Å²) in [5.74, 6) is -0.951. The van der Waals surface area contributed by atoms with E-state index < -0.39 is 5.91 Å². The topological polar surface area (TPSA) is 107 Å². The molecule has 0 aliphatic rings. The van der Waals surface area contributed by atoms with Crippen molar-refractivity contribution in [2.75, 3.05) is 19.7 Å². The molecule has 0 atom stereocenters. The molecule has 0 heterocycles. The van der Waals surface area contributed by atoms with Crippen molar-refractivity contribution in [3.8, 4) is 6.07 Å². The number of hydrogen-bond donors (Lipinski definition) is 2. The number of nitrogens with zero attached hydrogens (tertiary/aromatic N) is 2. The molecular weight excluding hydrogens is 461 g/mol. The van der Waals surface area contributed by atoms with Crippen LogP contribution in [0.25, 0.3) is 10.8 Å². The minimum atomic E-state index is -0.604. The number of aliphatic hydroxyl groups is 1. The third-order valence-corrected chi connectivity index (χ3v) is 5.27. The van der Waals surface area contributed by atoms with Crippen LogP contribution in [0.15, 0.2) is 60.7 Å². The molecule has 3 aromatic carbocycles. The Morgan fingerprint density at radius 3 is 2.15 bits per heavy atom. The van der Waals surface area contributed by atoms with E-state index >= 15 is 0 Å². The van der Waals surface area contributed by atoms with Crippen LogP contribution in [-0.2, 0) is 4.79 Å². The molecule has 0 bridgehead atoms. The molecule has 0 spiro atoms. The number of hydrogen-bond acceptors (Lipinski definition) is 4. The number of rotatable bonds is 7. The van der Waals surface area contributed by atoms with E-state index in [4.69, 9.17) is 34.0 Å². The van der Waals surface area contributed by atoms with E-state index in [0.29, 0.717) is 40.6 Å². The molecule has 2 amide bonds. The first kappa shape index (κ1) is 27.9. The van der Waals surface area contributed by atoms with Gasteiger partial charge in [0.25, 0.3) is 5.91 Å². The van der Waals surface area contributed by atoms with Crippen molar-refractivity contribution in [1.82, 2.24) is 4.90 Å². The predicted molar refractivity (Wildman–Crippen MR) is 133 cm³/mol. The Labute approximate surface area is 204 Å². The largest absolute Gasteiger partial charge is 0.396 e. The van der Waals surface area contributed by atoms with Crippen molar-refractivity contribution < 1.29 is 14.7 Å². The third-order valence-electron chi connectivity index (χ3n) is 4.52. The summed E-state index contributed by atoms with van der Waals surface area (Å²) in [5.41, 5.74) is 6.00. The van der Waals surface area contributed by atoms with Gasteiger partial charge in [-0.2, -0.15) is 5.26 Å². The Morgan fingerprint density at radius 1 is 1.00 bits per heavy atom. The fraction of sp³-hybridized carbons (Fsp3) is 0.240. The fourth-order valence-electron chi connectivity index (χ4n) is 3.02. The van der Waals surface area contributed by atoms with Crippen LogP contribution in [0.1, 0.15) is 36.2 Å². The summed E-state index contributed by atoms with van der Waals surface area (Å²) < 4.78 is 0.